The van der Waals surface area contributed by atoms with Crippen molar-refractivity contribution in [3.05, 3.63) is 77.4 Å². The molecular weight excluding hydrogens is 384 g/mol. The van der Waals surface area contributed by atoms with Crippen molar-refractivity contribution in [1.82, 2.24) is 15.1 Å². The van der Waals surface area contributed by atoms with Gasteiger partial charge in [0, 0.05) is 31.7 Å². The van der Waals surface area contributed by atoms with E-state index in [0.29, 0.717) is 13.1 Å². The van der Waals surface area contributed by atoms with E-state index in [1.807, 2.05) is 35.2 Å². The third-order valence-electron chi connectivity index (χ3n) is 6.28. The fraction of sp³-hybridized carbons (Fsp3) is 0.346. The van der Waals surface area contributed by atoms with E-state index in [0.717, 1.165) is 42.1 Å². The number of nitrogens with zero attached hydrogens (tertiary/aromatic N) is 4. The molecule has 2 heterocycles. The van der Waals surface area contributed by atoms with Gasteiger partial charge in [0.15, 0.2) is 5.82 Å². The summed E-state index contributed by atoms with van der Waals surface area (Å²) in [7, 11) is 0. The average Bonchev–Trinajstić information content (AvgIpc) is 2.82. The Kier molecular flexibility index (Phi) is 6.31. The summed E-state index contributed by atoms with van der Waals surface area (Å²) in [6.07, 6.45) is 0.814. The number of hydrogen-bond donors (Lipinski definition) is 0. The second-order valence-corrected chi connectivity index (χ2v) is 8.26. The lowest BCUT2D eigenvalue weighted by Crippen LogP contribution is -2.50. The van der Waals surface area contributed by atoms with Gasteiger partial charge >= 0.3 is 0 Å². The smallest absolute Gasteiger partial charge is 0.230 e. The van der Waals surface area contributed by atoms with Crippen molar-refractivity contribution in [2.45, 2.75) is 33.1 Å². The molecule has 1 fully saturated rings. The molecule has 0 bridgehead atoms. The number of anilines is 1. The quantitative estimate of drug-likeness (QED) is 0.612. The normalized spacial score (nSPS) is 15.1. The van der Waals surface area contributed by atoms with Crippen LogP contribution in [0.1, 0.15) is 36.0 Å². The van der Waals surface area contributed by atoms with E-state index in [4.69, 9.17) is 0 Å². The Balaban J connectivity index is 1.39. The topological polar surface area (TPSA) is 49.3 Å². The molecule has 1 aromatic heterocycles. The van der Waals surface area contributed by atoms with Crippen LogP contribution in [0, 0.1) is 13.8 Å². The predicted molar refractivity (Wildman–Crippen MR) is 125 cm³/mol. The van der Waals surface area contributed by atoms with Gasteiger partial charge in [-0.1, -0.05) is 49.4 Å². The SMILES string of the molecule is CCC(C(=O)N1CCN(c2ccc(-c3ccc(C)c(C)c3)nn2)CC1)c1ccccc1. The van der Waals surface area contributed by atoms with Crippen molar-refractivity contribution in [2.75, 3.05) is 31.1 Å². The van der Waals surface area contributed by atoms with E-state index in [1.54, 1.807) is 0 Å². The zero-order valence-electron chi connectivity index (χ0n) is 18.6. The maximum Gasteiger partial charge on any atom is 0.230 e. The monoisotopic (exact) mass is 414 g/mol. The van der Waals surface area contributed by atoms with Crippen molar-refractivity contribution in [2.24, 2.45) is 0 Å². The van der Waals surface area contributed by atoms with E-state index in [9.17, 15) is 4.79 Å². The summed E-state index contributed by atoms with van der Waals surface area (Å²) in [5.41, 5.74) is 5.60. The molecule has 2 aromatic carbocycles. The summed E-state index contributed by atoms with van der Waals surface area (Å²) in [5, 5.41) is 8.93. The Morgan fingerprint density at radius 2 is 1.65 bits per heavy atom. The lowest BCUT2D eigenvalue weighted by molar-refractivity contribution is -0.133. The molecule has 1 unspecified atom stereocenters. The highest BCUT2D eigenvalue weighted by atomic mass is 16.2. The molecule has 0 radical (unpaired) electrons. The Bertz CT molecular complexity index is 1030. The minimum atomic E-state index is -0.0650. The number of carbonyl (C=O) groups excluding carboxylic acids is 1. The number of benzene rings is 2. The first-order valence-electron chi connectivity index (χ1n) is 11.1. The summed E-state index contributed by atoms with van der Waals surface area (Å²) in [5.74, 6) is 1.03. The lowest BCUT2D eigenvalue weighted by atomic mass is 9.95. The second kappa shape index (κ2) is 9.29. The van der Waals surface area contributed by atoms with E-state index < -0.39 is 0 Å². The van der Waals surface area contributed by atoms with Gasteiger partial charge in [0.1, 0.15) is 0 Å². The number of amides is 1. The van der Waals surface area contributed by atoms with Gasteiger partial charge in [-0.15, -0.1) is 10.2 Å². The minimum absolute atomic E-state index is 0.0650. The molecule has 0 aliphatic carbocycles. The summed E-state index contributed by atoms with van der Waals surface area (Å²) in [6, 6.07) is 20.5. The van der Waals surface area contributed by atoms with Gasteiger partial charge < -0.3 is 9.80 Å². The van der Waals surface area contributed by atoms with Crippen LogP contribution in [-0.4, -0.2) is 47.2 Å². The Hall–Kier alpha value is -3.21. The summed E-state index contributed by atoms with van der Waals surface area (Å²) >= 11 is 0. The number of hydrogen-bond acceptors (Lipinski definition) is 4. The largest absolute Gasteiger partial charge is 0.352 e. The van der Waals surface area contributed by atoms with Crippen LogP contribution in [0.25, 0.3) is 11.3 Å². The molecule has 160 valence electrons. The average molecular weight is 415 g/mol. The number of aryl methyl sites for hydroxylation is 2. The number of carbonyl (C=O) groups is 1. The van der Waals surface area contributed by atoms with Gasteiger partial charge in [0.05, 0.1) is 11.6 Å². The van der Waals surface area contributed by atoms with Crippen LogP contribution < -0.4 is 4.90 Å². The first kappa shape index (κ1) is 21.0. The molecule has 0 N–H and O–H groups in total. The van der Waals surface area contributed by atoms with Crippen molar-refractivity contribution >= 4 is 11.7 Å². The van der Waals surface area contributed by atoms with Crippen LogP contribution in [0.2, 0.25) is 0 Å². The van der Waals surface area contributed by atoms with Gasteiger partial charge in [0.2, 0.25) is 5.91 Å². The molecule has 3 aromatic rings. The molecule has 1 saturated heterocycles. The fourth-order valence-electron chi connectivity index (χ4n) is 4.16. The molecule has 1 aliphatic rings. The Labute approximate surface area is 184 Å². The van der Waals surface area contributed by atoms with Crippen LogP contribution in [0.15, 0.2) is 60.7 Å². The predicted octanol–water partition coefficient (Wildman–Crippen LogP) is 4.60. The zero-order chi connectivity index (χ0) is 21.8. The highest BCUT2D eigenvalue weighted by molar-refractivity contribution is 5.84. The lowest BCUT2D eigenvalue weighted by Gasteiger charge is -2.36. The highest BCUT2D eigenvalue weighted by Gasteiger charge is 2.28. The molecule has 1 aliphatic heterocycles. The first-order chi connectivity index (χ1) is 15.1. The van der Waals surface area contributed by atoms with Crippen molar-refractivity contribution in [3.8, 4) is 11.3 Å². The van der Waals surface area contributed by atoms with Gasteiger partial charge in [-0.3, -0.25) is 4.79 Å². The molecular formula is C26H30N4O. The third-order valence-corrected chi connectivity index (χ3v) is 6.28. The molecule has 5 heteroatoms. The van der Waals surface area contributed by atoms with Crippen molar-refractivity contribution in [1.29, 1.82) is 0 Å². The standard InChI is InChI=1S/C26H30N4O/c1-4-23(21-8-6-5-7-9-21)26(31)30-16-14-29(15-17-30)25-13-12-24(27-28-25)22-11-10-19(2)20(3)18-22/h5-13,18,23H,4,14-17H2,1-3H3. The van der Waals surface area contributed by atoms with Crippen molar-refractivity contribution < 1.29 is 4.79 Å². The molecule has 31 heavy (non-hydrogen) atoms. The molecule has 5 nitrogen and oxygen atoms in total. The van der Waals surface area contributed by atoms with Crippen LogP contribution in [0.4, 0.5) is 5.82 Å². The van der Waals surface area contributed by atoms with Crippen LogP contribution in [0.5, 0.6) is 0 Å². The van der Waals surface area contributed by atoms with E-state index in [-0.39, 0.29) is 11.8 Å². The second-order valence-electron chi connectivity index (χ2n) is 8.26. The molecule has 1 amide bonds. The van der Waals surface area contributed by atoms with Gasteiger partial charge in [-0.05, 0) is 55.2 Å². The highest BCUT2D eigenvalue weighted by Crippen LogP contribution is 2.24. The third kappa shape index (κ3) is 4.61. The fourth-order valence-corrected chi connectivity index (χ4v) is 4.16. The van der Waals surface area contributed by atoms with Crippen molar-refractivity contribution in [3.63, 3.8) is 0 Å². The van der Waals surface area contributed by atoms with Crippen LogP contribution >= 0.6 is 0 Å². The minimum Gasteiger partial charge on any atom is -0.352 e. The first-order valence-corrected chi connectivity index (χ1v) is 11.1. The van der Waals surface area contributed by atoms with E-state index in [2.05, 4.69) is 66.2 Å². The molecule has 0 saturated carbocycles. The van der Waals surface area contributed by atoms with Gasteiger partial charge in [-0.2, -0.15) is 0 Å². The molecule has 1 atom stereocenters. The van der Waals surface area contributed by atoms with Gasteiger partial charge in [0.25, 0.3) is 0 Å². The number of rotatable bonds is 5. The maximum atomic E-state index is 13.1. The maximum absolute atomic E-state index is 13.1. The Morgan fingerprint density at radius 1 is 0.903 bits per heavy atom. The van der Waals surface area contributed by atoms with E-state index in [1.165, 1.54) is 11.1 Å². The summed E-state index contributed by atoms with van der Waals surface area (Å²) in [6.45, 7) is 9.27. The molecule has 0 spiro atoms. The molecule has 4 rings (SSSR count). The van der Waals surface area contributed by atoms with Crippen LogP contribution in [-0.2, 0) is 4.79 Å². The van der Waals surface area contributed by atoms with E-state index >= 15 is 0 Å². The Morgan fingerprint density at radius 3 is 2.26 bits per heavy atom. The number of piperazine rings is 1. The summed E-state index contributed by atoms with van der Waals surface area (Å²) < 4.78 is 0. The van der Waals surface area contributed by atoms with Gasteiger partial charge in [-0.25, -0.2) is 0 Å². The summed E-state index contributed by atoms with van der Waals surface area (Å²) in [4.78, 5) is 17.3. The zero-order valence-corrected chi connectivity index (χ0v) is 18.6. The number of aromatic nitrogens is 2. The van der Waals surface area contributed by atoms with Crippen LogP contribution in [0.3, 0.4) is 0 Å².